The zero-order valence-corrected chi connectivity index (χ0v) is 12.9. The van der Waals surface area contributed by atoms with Gasteiger partial charge in [-0.1, -0.05) is 55.6 Å². The van der Waals surface area contributed by atoms with E-state index in [4.69, 9.17) is 34.8 Å². The molecule has 106 valence electrons. The number of rotatable bonds is 0. The number of carbonyl (C=O) groups is 1. The first-order valence-corrected chi connectivity index (χ1v) is 6.80. The molecule has 7 heteroatoms. The number of halogens is 3. The number of likely N-dealkylation sites (tertiary alicyclic amines) is 1. The van der Waals surface area contributed by atoms with E-state index in [0.717, 1.165) is 0 Å². The van der Waals surface area contributed by atoms with Crippen molar-refractivity contribution >= 4 is 40.9 Å². The Morgan fingerprint density at radius 3 is 2.17 bits per heavy atom. The molecule has 1 aliphatic rings. The van der Waals surface area contributed by atoms with Gasteiger partial charge in [-0.2, -0.15) is 0 Å². The summed E-state index contributed by atoms with van der Waals surface area (Å²) < 4.78 is -1.82. The zero-order chi connectivity index (χ0) is 14.4. The van der Waals surface area contributed by atoms with Gasteiger partial charge in [0.2, 0.25) is 3.79 Å². The largest absolute Gasteiger partial charge is 0.465 e. The number of hydrogen-bond donors (Lipinski definition) is 2. The monoisotopic (exact) mass is 317 g/mol. The van der Waals surface area contributed by atoms with Crippen LogP contribution in [0.2, 0.25) is 0 Å². The highest BCUT2D eigenvalue weighted by Gasteiger charge is 2.54. The average molecular weight is 319 g/mol. The van der Waals surface area contributed by atoms with Crippen molar-refractivity contribution in [3.8, 4) is 0 Å². The molecule has 0 radical (unpaired) electrons. The number of carboxylic acid groups (broad SMARTS) is 1. The van der Waals surface area contributed by atoms with Gasteiger partial charge in [0.05, 0.1) is 0 Å². The second-order valence-electron chi connectivity index (χ2n) is 5.84. The standard InChI is InChI=1S/C11H18Cl3NO3/c1-9(2,3)7-6-10(18,11(12,13)14)4-5-15(7)8(16)17/h7,18H,4-6H2,1-3H3,(H,16,17). The van der Waals surface area contributed by atoms with Crippen LogP contribution in [0.25, 0.3) is 0 Å². The van der Waals surface area contributed by atoms with Gasteiger partial charge in [-0.25, -0.2) is 4.79 Å². The lowest BCUT2D eigenvalue weighted by Crippen LogP contribution is -2.60. The van der Waals surface area contributed by atoms with Crippen molar-refractivity contribution in [1.29, 1.82) is 0 Å². The summed E-state index contributed by atoms with van der Waals surface area (Å²) in [6.07, 6.45) is -0.789. The number of piperidine rings is 1. The second kappa shape index (κ2) is 4.89. The third-order valence-electron chi connectivity index (χ3n) is 3.45. The minimum absolute atomic E-state index is 0.110. The lowest BCUT2D eigenvalue weighted by atomic mass is 9.75. The quantitative estimate of drug-likeness (QED) is 0.674. The number of nitrogens with zero attached hydrogens (tertiary/aromatic N) is 1. The van der Waals surface area contributed by atoms with E-state index in [0.29, 0.717) is 0 Å². The predicted molar refractivity (Wildman–Crippen MR) is 72.4 cm³/mol. The van der Waals surface area contributed by atoms with Gasteiger partial charge in [0.1, 0.15) is 5.60 Å². The fourth-order valence-corrected chi connectivity index (χ4v) is 2.77. The van der Waals surface area contributed by atoms with Crippen molar-refractivity contribution in [2.45, 2.75) is 49.0 Å². The van der Waals surface area contributed by atoms with Gasteiger partial charge in [0, 0.05) is 19.0 Å². The Bertz CT molecular complexity index is 337. The van der Waals surface area contributed by atoms with Gasteiger partial charge in [0.15, 0.2) is 0 Å². The Labute approximate surface area is 122 Å². The van der Waals surface area contributed by atoms with Gasteiger partial charge < -0.3 is 15.1 Å². The summed E-state index contributed by atoms with van der Waals surface area (Å²) in [7, 11) is 0. The van der Waals surface area contributed by atoms with Crippen molar-refractivity contribution in [2.75, 3.05) is 6.54 Å². The smallest absolute Gasteiger partial charge is 0.407 e. The molecule has 18 heavy (non-hydrogen) atoms. The second-order valence-corrected chi connectivity index (χ2v) is 8.12. The summed E-state index contributed by atoms with van der Waals surface area (Å²) in [5.74, 6) is 0. The lowest BCUT2D eigenvalue weighted by Gasteiger charge is -2.49. The Morgan fingerprint density at radius 1 is 1.33 bits per heavy atom. The van der Waals surface area contributed by atoms with Gasteiger partial charge in [0.25, 0.3) is 0 Å². The zero-order valence-electron chi connectivity index (χ0n) is 10.6. The van der Waals surface area contributed by atoms with E-state index >= 15 is 0 Å². The molecule has 1 aliphatic heterocycles. The third kappa shape index (κ3) is 3.16. The first-order chi connectivity index (χ1) is 7.88. The van der Waals surface area contributed by atoms with Crippen LogP contribution < -0.4 is 0 Å². The maximum absolute atomic E-state index is 11.2. The minimum Gasteiger partial charge on any atom is -0.465 e. The van der Waals surface area contributed by atoms with Gasteiger partial charge >= 0.3 is 6.09 Å². The van der Waals surface area contributed by atoms with Crippen LogP contribution in [0.5, 0.6) is 0 Å². The van der Waals surface area contributed by atoms with Gasteiger partial charge in [-0.3, -0.25) is 0 Å². The number of amides is 1. The Kier molecular flexibility index (Phi) is 4.39. The molecule has 0 aromatic heterocycles. The molecule has 2 unspecified atom stereocenters. The fraction of sp³-hybridized carbons (Fsp3) is 0.909. The molecule has 1 heterocycles. The SMILES string of the molecule is CC(C)(C)C1CC(O)(C(Cl)(Cl)Cl)CCN1C(=O)O. The van der Waals surface area contributed by atoms with E-state index in [-0.39, 0.29) is 24.8 Å². The third-order valence-corrected chi connectivity index (χ3v) is 4.50. The van der Waals surface area contributed by atoms with Crippen molar-refractivity contribution in [3.63, 3.8) is 0 Å². The first-order valence-electron chi connectivity index (χ1n) is 5.67. The molecule has 0 aromatic rings. The van der Waals surface area contributed by atoms with Crippen LogP contribution in [0.3, 0.4) is 0 Å². The molecular formula is C11H18Cl3NO3. The van der Waals surface area contributed by atoms with Gasteiger partial charge in [-0.15, -0.1) is 0 Å². The molecule has 0 aliphatic carbocycles. The maximum Gasteiger partial charge on any atom is 0.407 e. The van der Waals surface area contributed by atoms with Crippen molar-refractivity contribution < 1.29 is 15.0 Å². The van der Waals surface area contributed by atoms with Crippen molar-refractivity contribution in [3.05, 3.63) is 0 Å². The fourth-order valence-electron chi connectivity index (χ4n) is 2.25. The Hall–Kier alpha value is 0.1000. The van der Waals surface area contributed by atoms with Crippen molar-refractivity contribution in [1.82, 2.24) is 4.90 Å². The maximum atomic E-state index is 11.2. The van der Waals surface area contributed by atoms with Crippen LogP contribution >= 0.6 is 34.8 Å². The summed E-state index contributed by atoms with van der Waals surface area (Å²) >= 11 is 17.4. The van der Waals surface area contributed by atoms with E-state index in [9.17, 15) is 15.0 Å². The van der Waals surface area contributed by atoms with E-state index in [1.807, 2.05) is 20.8 Å². The van der Waals surface area contributed by atoms with E-state index in [2.05, 4.69) is 0 Å². The van der Waals surface area contributed by atoms with Crippen LogP contribution in [-0.2, 0) is 0 Å². The highest BCUT2D eigenvalue weighted by molar-refractivity contribution is 6.68. The first kappa shape index (κ1) is 16.2. The van der Waals surface area contributed by atoms with E-state index in [1.165, 1.54) is 4.90 Å². The molecule has 1 rings (SSSR count). The summed E-state index contributed by atoms with van der Waals surface area (Å²) in [6.45, 7) is 5.86. The summed E-state index contributed by atoms with van der Waals surface area (Å²) in [5.41, 5.74) is -1.84. The molecule has 4 nitrogen and oxygen atoms in total. The molecule has 1 saturated heterocycles. The topological polar surface area (TPSA) is 60.8 Å². The Balaban J connectivity index is 3.04. The molecule has 1 amide bonds. The van der Waals surface area contributed by atoms with Crippen LogP contribution in [0.4, 0.5) is 4.79 Å². The normalized spacial score (nSPS) is 30.4. The number of aliphatic hydroxyl groups is 1. The van der Waals surface area contributed by atoms with E-state index in [1.54, 1.807) is 0 Å². The average Bonchev–Trinajstić information content (AvgIpc) is 2.13. The molecule has 1 fully saturated rings. The van der Waals surface area contributed by atoms with Crippen LogP contribution in [0.15, 0.2) is 0 Å². The highest BCUT2D eigenvalue weighted by atomic mass is 35.6. The molecule has 0 saturated carbocycles. The van der Waals surface area contributed by atoms with Crippen LogP contribution in [0.1, 0.15) is 33.6 Å². The van der Waals surface area contributed by atoms with Crippen molar-refractivity contribution in [2.24, 2.45) is 5.41 Å². The van der Waals surface area contributed by atoms with Crippen LogP contribution in [0, 0.1) is 5.41 Å². The summed E-state index contributed by atoms with van der Waals surface area (Å²) in [4.78, 5) is 12.5. The molecule has 0 aromatic carbocycles. The molecular weight excluding hydrogens is 300 g/mol. The number of hydrogen-bond acceptors (Lipinski definition) is 2. The van der Waals surface area contributed by atoms with E-state index < -0.39 is 21.5 Å². The van der Waals surface area contributed by atoms with Gasteiger partial charge in [-0.05, 0) is 11.8 Å². The van der Waals surface area contributed by atoms with Crippen LogP contribution in [-0.4, -0.2) is 43.2 Å². The molecule has 2 N–H and O–H groups in total. The minimum atomic E-state index is -1.82. The molecule has 0 bridgehead atoms. The Morgan fingerprint density at radius 2 is 1.83 bits per heavy atom. The highest BCUT2D eigenvalue weighted by Crippen LogP contribution is 2.48. The molecule has 0 spiro atoms. The lowest BCUT2D eigenvalue weighted by molar-refractivity contribution is -0.0616. The summed E-state index contributed by atoms with van der Waals surface area (Å²) in [6, 6.07) is -0.399. The summed E-state index contributed by atoms with van der Waals surface area (Å²) in [5, 5.41) is 19.6. The number of alkyl halides is 3. The molecule has 2 atom stereocenters. The predicted octanol–water partition coefficient (Wildman–Crippen LogP) is 3.28.